The second kappa shape index (κ2) is 10.7. The number of nitrogens with one attached hydrogen (secondary N) is 1. The third kappa shape index (κ3) is 4.87. The predicted molar refractivity (Wildman–Crippen MR) is 165 cm³/mol. The van der Waals surface area contributed by atoms with Gasteiger partial charge in [-0.1, -0.05) is 51.3 Å². The minimum Gasteiger partial charge on any atom is -0.489 e. The van der Waals surface area contributed by atoms with Gasteiger partial charge in [-0.25, -0.2) is 9.83 Å². The molecule has 2 fully saturated rings. The van der Waals surface area contributed by atoms with Crippen LogP contribution in [0.1, 0.15) is 55.0 Å². The molecule has 3 aromatic rings. The van der Waals surface area contributed by atoms with Gasteiger partial charge < -0.3 is 19.9 Å². The zero-order chi connectivity index (χ0) is 29.6. The first-order chi connectivity index (χ1) is 20.1. The van der Waals surface area contributed by atoms with Crippen molar-refractivity contribution in [2.45, 2.75) is 46.4 Å². The molecule has 0 spiro atoms. The fourth-order valence-electron chi connectivity index (χ4n) is 7.30. The van der Waals surface area contributed by atoms with E-state index in [-0.39, 0.29) is 28.9 Å². The molecule has 3 heterocycles. The topological polar surface area (TPSA) is 62.1 Å². The van der Waals surface area contributed by atoms with Gasteiger partial charge in [-0.05, 0) is 54.5 Å². The second-order valence-electron chi connectivity index (χ2n) is 12.4. The first-order valence-electron chi connectivity index (χ1n) is 14.3. The standard InChI is InChI=1S/C34H34ClN5O2/c1-33(2)31(34(3,4)32(33)42-25-13-15-28(36-5)27(35)20-25)40-21-29-26(30(40)41)14-10-23(38-29)9-6-22-7-11-24(12-8-22)39-18-16-37-17-19-39/h7-8,10-15,20,31-32,37H,16-19,21H2,1-4H3. The number of piperazine rings is 1. The van der Waals surface area contributed by atoms with E-state index >= 15 is 0 Å². The van der Waals surface area contributed by atoms with Crippen molar-refractivity contribution in [3.63, 3.8) is 0 Å². The lowest BCUT2D eigenvalue weighted by Crippen LogP contribution is -2.74. The van der Waals surface area contributed by atoms with Gasteiger partial charge in [0.25, 0.3) is 5.91 Å². The van der Waals surface area contributed by atoms with Gasteiger partial charge in [0.15, 0.2) is 0 Å². The van der Waals surface area contributed by atoms with E-state index in [0.29, 0.717) is 34.3 Å². The summed E-state index contributed by atoms with van der Waals surface area (Å²) in [6.07, 6.45) is -0.159. The third-order valence-electron chi connectivity index (χ3n) is 8.84. The number of halogens is 1. The van der Waals surface area contributed by atoms with E-state index in [9.17, 15) is 4.79 Å². The molecule has 0 bridgehead atoms. The van der Waals surface area contributed by atoms with Gasteiger partial charge in [0.05, 0.1) is 29.4 Å². The van der Waals surface area contributed by atoms with Gasteiger partial charge in [0, 0.05) is 54.3 Å². The average molecular weight is 580 g/mol. The summed E-state index contributed by atoms with van der Waals surface area (Å²) in [5.41, 5.74) is 3.95. The molecule has 3 aliphatic rings. The van der Waals surface area contributed by atoms with Crippen molar-refractivity contribution in [1.82, 2.24) is 15.2 Å². The van der Waals surface area contributed by atoms with Crippen LogP contribution in [0.5, 0.6) is 5.75 Å². The molecule has 2 aromatic carbocycles. The lowest BCUT2D eigenvalue weighted by molar-refractivity contribution is -0.199. The highest BCUT2D eigenvalue weighted by atomic mass is 35.5. The molecule has 7 nitrogen and oxygen atoms in total. The maximum Gasteiger partial charge on any atom is 0.256 e. The summed E-state index contributed by atoms with van der Waals surface area (Å²) in [4.78, 5) is 26.1. The zero-order valence-corrected chi connectivity index (χ0v) is 25.1. The molecule has 0 unspecified atom stereocenters. The molecule has 1 amide bonds. The normalized spacial score (nSPS) is 22.0. The Morgan fingerprint density at radius 3 is 2.40 bits per heavy atom. The molecule has 0 atom stereocenters. The van der Waals surface area contributed by atoms with Gasteiger partial charge in [-0.15, -0.1) is 0 Å². The smallest absolute Gasteiger partial charge is 0.256 e. The van der Waals surface area contributed by atoms with Crippen molar-refractivity contribution >= 4 is 28.9 Å². The minimum absolute atomic E-state index is 0.00503. The number of fused-ring (bicyclic) bond motifs is 1. The van der Waals surface area contributed by atoms with Crippen LogP contribution < -0.4 is 15.0 Å². The Morgan fingerprint density at radius 1 is 1.02 bits per heavy atom. The van der Waals surface area contributed by atoms with Crippen molar-refractivity contribution in [3.8, 4) is 17.6 Å². The molecule has 1 aromatic heterocycles. The SMILES string of the molecule is [C-]#[N+]c1ccc(OC2C(C)(C)C(N3Cc4nc(C#Cc5ccc(N6CCNCC6)cc5)ccc4C3=O)C2(C)C)cc1Cl. The fraction of sp³-hybridized carbons (Fsp3) is 0.382. The van der Waals surface area contributed by atoms with E-state index < -0.39 is 0 Å². The number of ether oxygens (including phenoxy) is 1. The molecule has 8 heteroatoms. The predicted octanol–water partition coefficient (Wildman–Crippen LogP) is 5.93. The van der Waals surface area contributed by atoms with Crippen LogP contribution >= 0.6 is 11.6 Å². The Hall–Kier alpha value is -4.04. The maximum atomic E-state index is 13.6. The van der Waals surface area contributed by atoms with E-state index in [4.69, 9.17) is 27.9 Å². The van der Waals surface area contributed by atoms with Gasteiger partial charge in [-0.2, -0.15) is 0 Å². The monoisotopic (exact) mass is 579 g/mol. The van der Waals surface area contributed by atoms with E-state index in [1.165, 1.54) is 5.69 Å². The Morgan fingerprint density at radius 2 is 1.74 bits per heavy atom. The van der Waals surface area contributed by atoms with Crippen molar-refractivity contribution < 1.29 is 9.53 Å². The molecule has 1 saturated carbocycles. The van der Waals surface area contributed by atoms with Crippen LogP contribution in [-0.2, 0) is 6.54 Å². The van der Waals surface area contributed by atoms with Crippen LogP contribution in [0.2, 0.25) is 5.02 Å². The van der Waals surface area contributed by atoms with Crippen molar-refractivity contribution in [3.05, 3.63) is 93.6 Å². The van der Waals surface area contributed by atoms with Crippen molar-refractivity contribution in [2.24, 2.45) is 10.8 Å². The lowest BCUT2D eigenvalue weighted by Gasteiger charge is -2.65. The molecule has 0 radical (unpaired) electrons. The van der Waals surface area contributed by atoms with Crippen LogP contribution in [0.15, 0.2) is 54.6 Å². The first-order valence-corrected chi connectivity index (χ1v) is 14.7. The quantitative estimate of drug-likeness (QED) is 0.306. The highest BCUT2D eigenvalue weighted by molar-refractivity contribution is 6.33. The number of hydrogen-bond acceptors (Lipinski definition) is 5. The van der Waals surface area contributed by atoms with Crippen LogP contribution in [0.4, 0.5) is 11.4 Å². The summed E-state index contributed by atoms with van der Waals surface area (Å²) in [5, 5.41) is 3.75. The number of carbonyl (C=O) groups excluding carboxylic acids is 1. The van der Waals surface area contributed by atoms with Crippen LogP contribution in [0, 0.1) is 29.2 Å². The molecule has 1 N–H and O–H groups in total. The summed E-state index contributed by atoms with van der Waals surface area (Å²) in [7, 11) is 0. The van der Waals surface area contributed by atoms with Crippen LogP contribution in [0.25, 0.3) is 4.85 Å². The number of pyridine rings is 1. The number of benzene rings is 2. The molecular weight excluding hydrogens is 546 g/mol. The molecule has 214 valence electrons. The zero-order valence-electron chi connectivity index (χ0n) is 24.4. The Labute approximate surface area is 252 Å². The summed E-state index contributed by atoms with van der Waals surface area (Å²) < 4.78 is 6.43. The molecule has 6 rings (SSSR count). The first kappa shape index (κ1) is 28.1. The second-order valence-corrected chi connectivity index (χ2v) is 12.8. The third-order valence-corrected chi connectivity index (χ3v) is 9.14. The molecule has 42 heavy (non-hydrogen) atoms. The number of rotatable bonds is 4. The highest BCUT2D eigenvalue weighted by Crippen LogP contribution is 2.59. The lowest BCUT2D eigenvalue weighted by atomic mass is 9.49. The van der Waals surface area contributed by atoms with Gasteiger partial charge in [0.2, 0.25) is 5.69 Å². The van der Waals surface area contributed by atoms with Crippen LogP contribution in [-0.4, -0.2) is 54.1 Å². The summed E-state index contributed by atoms with van der Waals surface area (Å²) >= 11 is 6.26. The fourth-order valence-corrected chi connectivity index (χ4v) is 7.51. The molecular formula is C34H34ClN5O2. The van der Waals surface area contributed by atoms with Gasteiger partial charge in [-0.3, -0.25) is 4.79 Å². The van der Waals surface area contributed by atoms with E-state index in [0.717, 1.165) is 37.4 Å². The van der Waals surface area contributed by atoms with Gasteiger partial charge in [0.1, 0.15) is 17.5 Å². The Bertz CT molecular complexity index is 1630. The van der Waals surface area contributed by atoms with E-state index in [2.05, 4.69) is 78.9 Å². The Kier molecular flexibility index (Phi) is 7.13. The van der Waals surface area contributed by atoms with E-state index in [1.54, 1.807) is 18.2 Å². The number of amides is 1. The number of nitrogens with zero attached hydrogens (tertiary/aromatic N) is 4. The van der Waals surface area contributed by atoms with Gasteiger partial charge >= 0.3 is 0 Å². The average Bonchev–Trinajstić information content (AvgIpc) is 3.29. The molecule has 1 saturated heterocycles. The largest absolute Gasteiger partial charge is 0.489 e. The summed E-state index contributed by atoms with van der Waals surface area (Å²) in [6, 6.07) is 17.1. The number of anilines is 1. The summed E-state index contributed by atoms with van der Waals surface area (Å²) in [6.45, 7) is 20.2. The van der Waals surface area contributed by atoms with Crippen molar-refractivity contribution in [2.75, 3.05) is 31.1 Å². The van der Waals surface area contributed by atoms with E-state index in [1.807, 2.05) is 17.0 Å². The highest BCUT2D eigenvalue weighted by Gasteiger charge is 2.67. The molecule has 1 aliphatic carbocycles. The van der Waals surface area contributed by atoms with Crippen molar-refractivity contribution in [1.29, 1.82) is 0 Å². The number of hydrogen-bond donors (Lipinski definition) is 1. The minimum atomic E-state index is -0.328. The number of carbonyl (C=O) groups is 1. The maximum absolute atomic E-state index is 13.6. The Balaban J connectivity index is 1.16. The number of aromatic nitrogens is 1. The summed E-state index contributed by atoms with van der Waals surface area (Å²) in [5.74, 6) is 7.04. The molecule has 2 aliphatic heterocycles. The van der Waals surface area contributed by atoms with Crippen LogP contribution in [0.3, 0.4) is 0 Å².